The Labute approximate surface area is 127 Å². The number of piperidine rings is 1. The molecule has 0 radical (unpaired) electrons. The number of ether oxygens (including phenoxy) is 1. The van der Waals surface area contributed by atoms with Crippen LogP contribution >= 0.6 is 0 Å². The van der Waals surface area contributed by atoms with Crippen LogP contribution in [0.4, 0.5) is 0 Å². The van der Waals surface area contributed by atoms with Crippen LogP contribution in [0.5, 0.6) is 0 Å². The van der Waals surface area contributed by atoms with Gasteiger partial charge in [0.05, 0.1) is 6.61 Å². The van der Waals surface area contributed by atoms with E-state index in [9.17, 15) is 4.79 Å². The van der Waals surface area contributed by atoms with Crippen LogP contribution in [0.2, 0.25) is 0 Å². The molecule has 1 aromatic rings. The van der Waals surface area contributed by atoms with E-state index in [1.807, 2.05) is 37.3 Å². The Morgan fingerprint density at radius 1 is 1.29 bits per heavy atom. The fourth-order valence-electron chi connectivity index (χ4n) is 3.11. The van der Waals surface area contributed by atoms with E-state index in [1.54, 1.807) is 0 Å². The third kappa shape index (κ3) is 4.05. The van der Waals surface area contributed by atoms with Crippen molar-refractivity contribution in [2.45, 2.75) is 38.8 Å². The Morgan fingerprint density at radius 3 is 2.52 bits per heavy atom. The summed E-state index contributed by atoms with van der Waals surface area (Å²) in [5, 5.41) is 3.38. The molecule has 0 amide bonds. The van der Waals surface area contributed by atoms with Gasteiger partial charge in [0.2, 0.25) is 0 Å². The molecule has 0 aromatic heterocycles. The Bertz CT molecular complexity index is 430. The smallest absolute Gasteiger partial charge is 0.328 e. The van der Waals surface area contributed by atoms with Crippen LogP contribution in [0.25, 0.3) is 0 Å². The number of carbonyl (C=O) groups excluding carboxylic acids is 1. The maximum absolute atomic E-state index is 12.5. The summed E-state index contributed by atoms with van der Waals surface area (Å²) in [5.74, 6) is -0.135. The minimum absolute atomic E-state index is 0.135. The Kier molecular flexibility index (Phi) is 6.21. The molecule has 1 aromatic carbocycles. The molecule has 0 aliphatic carbocycles. The third-order valence-electron chi connectivity index (χ3n) is 4.10. The van der Waals surface area contributed by atoms with Crippen LogP contribution in [0.15, 0.2) is 30.3 Å². The molecule has 116 valence electrons. The van der Waals surface area contributed by atoms with Gasteiger partial charge in [-0.2, -0.15) is 0 Å². The van der Waals surface area contributed by atoms with Gasteiger partial charge in [0.15, 0.2) is 0 Å². The standard InChI is InChI=1S/C17H26N2O2/c1-3-19(15-10-12-18-13-11-15)16(17(20)21-4-2)14-8-6-5-7-9-14/h5-9,15-16,18H,3-4,10-13H2,1-2H3. The number of benzene rings is 1. The van der Waals surface area contributed by atoms with Crippen LogP contribution in [-0.2, 0) is 9.53 Å². The third-order valence-corrected chi connectivity index (χ3v) is 4.10. The lowest BCUT2D eigenvalue weighted by atomic mass is 9.98. The number of nitrogens with one attached hydrogen (secondary N) is 1. The average Bonchev–Trinajstić information content (AvgIpc) is 2.54. The SMILES string of the molecule is CCOC(=O)C(c1ccccc1)N(CC)C1CCNCC1. The zero-order chi connectivity index (χ0) is 15.1. The molecule has 1 N–H and O–H groups in total. The van der Waals surface area contributed by atoms with Gasteiger partial charge in [-0.3, -0.25) is 4.90 Å². The van der Waals surface area contributed by atoms with Crippen molar-refractivity contribution in [3.05, 3.63) is 35.9 Å². The van der Waals surface area contributed by atoms with Crippen molar-refractivity contribution in [3.8, 4) is 0 Å². The van der Waals surface area contributed by atoms with Crippen molar-refractivity contribution in [1.29, 1.82) is 0 Å². The molecule has 1 unspecified atom stereocenters. The molecule has 4 heteroatoms. The highest BCUT2D eigenvalue weighted by molar-refractivity contribution is 5.77. The van der Waals surface area contributed by atoms with Crippen LogP contribution in [0.1, 0.15) is 38.3 Å². The quantitative estimate of drug-likeness (QED) is 0.817. The van der Waals surface area contributed by atoms with Crippen molar-refractivity contribution in [1.82, 2.24) is 10.2 Å². The van der Waals surface area contributed by atoms with Gasteiger partial charge >= 0.3 is 5.97 Å². The number of likely N-dealkylation sites (N-methyl/N-ethyl adjacent to an activating group) is 1. The van der Waals surface area contributed by atoms with E-state index in [0.717, 1.165) is 38.0 Å². The predicted octanol–water partition coefficient (Wildman–Crippen LogP) is 2.36. The van der Waals surface area contributed by atoms with Crippen LogP contribution in [0, 0.1) is 0 Å². The van der Waals surface area contributed by atoms with E-state index in [-0.39, 0.29) is 12.0 Å². The van der Waals surface area contributed by atoms with Gasteiger partial charge in [-0.25, -0.2) is 4.79 Å². The fourth-order valence-corrected chi connectivity index (χ4v) is 3.11. The van der Waals surface area contributed by atoms with Crippen molar-refractivity contribution in [3.63, 3.8) is 0 Å². The summed E-state index contributed by atoms with van der Waals surface area (Å²) in [6.07, 6.45) is 2.16. The summed E-state index contributed by atoms with van der Waals surface area (Å²) in [6, 6.07) is 10.1. The highest BCUT2D eigenvalue weighted by atomic mass is 16.5. The number of hydrogen-bond donors (Lipinski definition) is 1. The van der Waals surface area contributed by atoms with Gasteiger partial charge in [-0.05, 0) is 45.0 Å². The topological polar surface area (TPSA) is 41.6 Å². The van der Waals surface area contributed by atoms with Gasteiger partial charge < -0.3 is 10.1 Å². The second kappa shape index (κ2) is 8.15. The minimum Gasteiger partial charge on any atom is -0.465 e. The van der Waals surface area contributed by atoms with E-state index >= 15 is 0 Å². The maximum Gasteiger partial charge on any atom is 0.328 e. The van der Waals surface area contributed by atoms with E-state index in [0.29, 0.717) is 12.6 Å². The lowest BCUT2D eigenvalue weighted by Gasteiger charge is -2.38. The molecule has 1 fully saturated rings. The first kappa shape index (κ1) is 16.0. The second-order valence-corrected chi connectivity index (χ2v) is 5.38. The first-order chi connectivity index (χ1) is 10.3. The van der Waals surface area contributed by atoms with E-state index in [1.165, 1.54) is 0 Å². The van der Waals surface area contributed by atoms with Crippen molar-refractivity contribution in [2.75, 3.05) is 26.2 Å². The first-order valence-corrected chi connectivity index (χ1v) is 7.96. The highest BCUT2D eigenvalue weighted by Crippen LogP contribution is 2.27. The number of nitrogens with zero attached hydrogens (tertiary/aromatic N) is 1. The largest absolute Gasteiger partial charge is 0.465 e. The highest BCUT2D eigenvalue weighted by Gasteiger charge is 2.33. The number of carbonyl (C=O) groups is 1. The van der Waals surface area contributed by atoms with Crippen LogP contribution in [-0.4, -0.2) is 43.2 Å². The van der Waals surface area contributed by atoms with Gasteiger partial charge in [0, 0.05) is 6.04 Å². The Hall–Kier alpha value is -1.39. The number of rotatable bonds is 6. The van der Waals surface area contributed by atoms with Gasteiger partial charge in [-0.15, -0.1) is 0 Å². The lowest BCUT2D eigenvalue weighted by Crippen LogP contribution is -2.47. The Morgan fingerprint density at radius 2 is 1.95 bits per heavy atom. The summed E-state index contributed by atoms with van der Waals surface area (Å²) < 4.78 is 5.34. The van der Waals surface area contributed by atoms with Crippen LogP contribution < -0.4 is 5.32 Å². The summed E-state index contributed by atoms with van der Waals surface area (Å²) >= 11 is 0. The molecule has 1 atom stereocenters. The Balaban J connectivity index is 2.25. The normalized spacial score (nSPS) is 17.7. The van der Waals surface area contributed by atoms with Crippen LogP contribution in [0.3, 0.4) is 0 Å². The number of hydrogen-bond acceptors (Lipinski definition) is 4. The maximum atomic E-state index is 12.5. The second-order valence-electron chi connectivity index (χ2n) is 5.38. The van der Waals surface area contributed by atoms with Gasteiger partial charge in [-0.1, -0.05) is 37.3 Å². The summed E-state index contributed by atoms with van der Waals surface area (Å²) in [6.45, 7) is 7.30. The van der Waals surface area contributed by atoms with Crippen molar-refractivity contribution < 1.29 is 9.53 Å². The summed E-state index contributed by atoms with van der Waals surface area (Å²) in [4.78, 5) is 14.8. The predicted molar refractivity (Wildman–Crippen MR) is 84.1 cm³/mol. The lowest BCUT2D eigenvalue weighted by molar-refractivity contribution is -0.151. The van der Waals surface area contributed by atoms with Crippen molar-refractivity contribution in [2.24, 2.45) is 0 Å². The molecule has 0 bridgehead atoms. The van der Waals surface area contributed by atoms with E-state index < -0.39 is 0 Å². The average molecular weight is 290 g/mol. The van der Waals surface area contributed by atoms with E-state index in [4.69, 9.17) is 4.74 Å². The molecule has 1 saturated heterocycles. The molecule has 0 spiro atoms. The van der Waals surface area contributed by atoms with Crippen molar-refractivity contribution >= 4 is 5.97 Å². The van der Waals surface area contributed by atoms with E-state index in [2.05, 4.69) is 17.1 Å². The summed E-state index contributed by atoms with van der Waals surface area (Å²) in [5.41, 5.74) is 1.02. The molecule has 4 nitrogen and oxygen atoms in total. The molecule has 0 saturated carbocycles. The summed E-state index contributed by atoms with van der Waals surface area (Å²) in [7, 11) is 0. The zero-order valence-corrected chi connectivity index (χ0v) is 13.0. The zero-order valence-electron chi connectivity index (χ0n) is 13.0. The molecule has 1 aliphatic heterocycles. The first-order valence-electron chi connectivity index (χ1n) is 7.96. The van der Waals surface area contributed by atoms with Gasteiger partial charge in [0.25, 0.3) is 0 Å². The monoisotopic (exact) mass is 290 g/mol. The fraction of sp³-hybridized carbons (Fsp3) is 0.588. The molecule has 21 heavy (non-hydrogen) atoms. The molecule has 1 aliphatic rings. The molecular weight excluding hydrogens is 264 g/mol. The molecular formula is C17H26N2O2. The number of esters is 1. The van der Waals surface area contributed by atoms with Gasteiger partial charge in [0.1, 0.15) is 6.04 Å². The minimum atomic E-state index is -0.292. The molecule has 2 rings (SSSR count). The molecule has 1 heterocycles.